The van der Waals surface area contributed by atoms with Gasteiger partial charge in [-0.2, -0.15) is 0 Å². The molecule has 14 heavy (non-hydrogen) atoms. The van der Waals surface area contributed by atoms with Crippen molar-refractivity contribution in [3.05, 3.63) is 28.8 Å². The highest BCUT2D eigenvalue weighted by molar-refractivity contribution is 7.80. The average molecular weight is 208 g/mol. The minimum atomic E-state index is 0.654. The second kappa shape index (κ2) is 4.42. The van der Waals surface area contributed by atoms with E-state index in [-0.39, 0.29) is 0 Å². The van der Waals surface area contributed by atoms with Gasteiger partial charge in [0.15, 0.2) is 5.11 Å². The maximum atomic E-state index is 5.08. The van der Waals surface area contributed by atoms with Crippen LogP contribution in [-0.2, 0) is 0 Å². The molecule has 1 rings (SSSR count). The molecule has 0 aliphatic heterocycles. The predicted molar refractivity (Wildman–Crippen MR) is 65.9 cm³/mol. The Hall–Kier alpha value is -1.09. The van der Waals surface area contributed by atoms with E-state index in [2.05, 4.69) is 43.5 Å². The molecule has 2 N–H and O–H groups in total. The van der Waals surface area contributed by atoms with Gasteiger partial charge in [-0.15, -0.1) is 0 Å². The zero-order valence-corrected chi connectivity index (χ0v) is 9.88. The van der Waals surface area contributed by atoms with Crippen molar-refractivity contribution in [3.8, 4) is 0 Å². The SMILES string of the molecule is CNC(=S)Nc1c(C)ccc(C)c1C. The molecule has 0 unspecified atom stereocenters. The van der Waals surface area contributed by atoms with Gasteiger partial charge in [-0.3, -0.25) is 0 Å². The molecule has 0 heterocycles. The number of benzene rings is 1. The standard InChI is InChI=1S/C11H16N2S/c1-7-5-6-8(2)10(9(7)3)13-11(14)12-4/h5-6H,1-4H3,(H2,12,13,14). The predicted octanol–water partition coefficient (Wildman–Crippen LogP) is 2.53. The monoisotopic (exact) mass is 208 g/mol. The number of thiocarbonyl (C=S) groups is 1. The van der Waals surface area contributed by atoms with Gasteiger partial charge in [0.05, 0.1) is 0 Å². The van der Waals surface area contributed by atoms with Crippen LogP contribution in [0.5, 0.6) is 0 Å². The molecule has 0 spiro atoms. The summed E-state index contributed by atoms with van der Waals surface area (Å²) >= 11 is 5.08. The van der Waals surface area contributed by atoms with Crippen molar-refractivity contribution < 1.29 is 0 Å². The number of nitrogens with one attached hydrogen (secondary N) is 2. The normalized spacial score (nSPS) is 9.71. The molecule has 0 aliphatic carbocycles. The number of hydrogen-bond acceptors (Lipinski definition) is 1. The molecule has 2 nitrogen and oxygen atoms in total. The highest BCUT2D eigenvalue weighted by Crippen LogP contribution is 2.22. The summed E-state index contributed by atoms with van der Waals surface area (Å²) in [5.74, 6) is 0. The third-order valence-electron chi connectivity index (χ3n) is 2.41. The summed E-state index contributed by atoms with van der Waals surface area (Å²) in [4.78, 5) is 0. The second-order valence-corrected chi connectivity index (χ2v) is 3.81. The number of anilines is 1. The maximum Gasteiger partial charge on any atom is 0.170 e. The second-order valence-electron chi connectivity index (χ2n) is 3.40. The first-order valence-electron chi connectivity index (χ1n) is 4.61. The fourth-order valence-corrected chi connectivity index (χ4v) is 1.42. The Morgan fingerprint density at radius 2 is 1.71 bits per heavy atom. The van der Waals surface area contributed by atoms with Crippen LogP contribution in [0.1, 0.15) is 16.7 Å². The quantitative estimate of drug-likeness (QED) is 0.694. The van der Waals surface area contributed by atoms with Gasteiger partial charge in [0.1, 0.15) is 0 Å². The van der Waals surface area contributed by atoms with Crippen LogP contribution in [0.25, 0.3) is 0 Å². The molecule has 0 atom stereocenters. The fraction of sp³-hybridized carbons (Fsp3) is 0.364. The van der Waals surface area contributed by atoms with Crippen LogP contribution >= 0.6 is 12.2 Å². The molecule has 0 amide bonds. The zero-order chi connectivity index (χ0) is 10.7. The highest BCUT2D eigenvalue weighted by atomic mass is 32.1. The van der Waals surface area contributed by atoms with Crippen LogP contribution in [0, 0.1) is 20.8 Å². The summed E-state index contributed by atoms with van der Waals surface area (Å²) < 4.78 is 0. The van der Waals surface area contributed by atoms with E-state index in [1.165, 1.54) is 16.7 Å². The summed E-state index contributed by atoms with van der Waals surface area (Å²) in [7, 11) is 1.82. The number of hydrogen-bond donors (Lipinski definition) is 2. The molecule has 0 fully saturated rings. The molecule has 0 bridgehead atoms. The van der Waals surface area contributed by atoms with Crippen molar-refractivity contribution >= 4 is 23.0 Å². The van der Waals surface area contributed by atoms with Gasteiger partial charge >= 0.3 is 0 Å². The summed E-state index contributed by atoms with van der Waals surface area (Å²) in [5, 5.41) is 6.75. The van der Waals surface area contributed by atoms with Crippen molar-refractivity contribution in [2.45, 2.75) is 20.8 Å². The van der Waals surface area contributed by atoms with Crippen LogP contribution in [-0.4, -0.2) is 12.2 Å². The average Bonchev–Trinajstić information content (AvgIpc) is 2.18. The summed E-state index contributed by atoms with van der Waals surface area (Å²) in [6, 6.07) is 4.22. The first kappa shape index (κ1) is 11.0. The van der Waals surface area contributed by atoms with E-state index >= 15 is 0 Å². The molecule has 1 aromatic rings. The van der Waals surface area contributed by atoms with E-state index in [9.17, 15) is 0 Å². The number of aryl methyl sites for hydroxylation is 2. The lowest BCUT2D eigenvalue weighted by atomic mass is 10.0. The lowest BCUT2D eigenvalue weighted by Gasteiger charge is -2.14. The van der Waals surface area contributed by atoms with Gasteiger partial charge < -0.3 is 10.6 Å². The number of rotatable bonds is 1. The Morgan fingerprint density at radius 1 is 1.14 bits per heavy atom. The zero-order valence-electron chi connectivity index (χ0n) is 9.06. The molecule has 0 aromatic heterocycles. The molecule has 0 radical (unpaired) electrons. The summed E-state index contributed by atoms with van der Waals surface area (Å²) in [6.45, 7) is 6.28. The lowest BCUT2D eigenvalue weighted by molar-refractivity contribution is 1.19. The molecule has 3 heteroatoms. The molecule has 0 saturated heterocycles. The Morgan fingerprint density at radius 3 is 2.29 bits per heavy atom. The maximum absolute atomic E-state index is 5.08. The Balaban J connectivity index is 3.06. The minimum absolute atomic E-state index is 0.654. The van der Waals surface area contributed by atoms with Gasteiger partial charge in [-0.05, 0) is 49.7 Å². The van der Waals surface area contributed by atoms with Crippen molar-refractivity contribution in [3.63, 3.8) is 0 Å². The van der Waals surface area contributed by atoms with E-state index in [4.69, 9.17) is 12.2 Å². The van der Waals surface area contributed by atoms with E-state index in [1.54, 1.807) is 0 Å². The third-order valence-corrected chi connectivity index (χ3v) is 2.72. The Labute approximate surface area is 90.7 Å². The van der Waals surface area contributed by atoms with Crippen LogP contribution < -0.4 is 10.6 Å². The van der Waals surface area contributed by atoms with E-state index in [0.29, 0.717) is 5.11 Å². The minimum Gasteiger partial charge on any atom is -0.366 e. The summed E-state index contributed by atoms with van der Waals surface area (Å²) in [5.41, 5.74) is 4.86. The summed E-state index contributed by atoms with van der Waals surface area (Å²) in [6.07, 6.45) is 0. The van der Waals surface area contributed by atoms with Crippen molar-refractivity contribution in [2.24, 2.45) is 0 Å². The van der Waals surface area contributed by atoms with E-state index < -0.39 is 0 Å². The molecular formula is C11H16N2S. The first-order chi connectivity index (χ1) is 6.56. The van der Waals surface area contributed by atoms with Gasteiger partial charge in [-0.25, -0.2) is 0 Å². The highest BCUT2D eigenvalue weighted by Gasteiger charge is 2.05. The smallest absolute Gasteiger partial charge is 0.170 e. The van der Waals surface area contributed by atoms with Crippen LogP contribution in [0.4, 0.5) is 5.69 Å². The fourth-order valence-electron chi connectivity index (χ4n) is 1.32. The molecule has 1 aromatic carbocycles. The lowest BCUT2D eigenvalue weighted by Crippen LogP contribution is -2.25. The van der Waals surface area contributed by atoms with Gasteiger partial charge in [0.2, 0.25) is 0 Å². The van der Waals surface area contributed by atoms with Gasteiger partial charge in [0, 0.05) is 12.7 Å². The van der Waals surface area contributed by atoms with Crippen molar-refractivity contribution in [1.82, 2.24) is 5.32 Å². The molecular weight excluding hydrogens is 192 g/mol. The molecule has 0 saturated carbocycles. The molecule has 0 aliphatic rings. The van der Waals surface area contributed by atoms with Crippen LogP contribution in [0.2, 0.25) is 0 Å². The van der Waals surface area contributed by atoms with Crippen molar-refractivity contribution in [2.75, 3.05) is 12.4 Å². The molecule has 76 valence electrons. The van der Waals surface area contributed by atoms with E-state index in [0.717, 1.165) is 5.69 Å². The third kappa shape index (κ3) is 2.23. The topological polar surface area (TPSA) is 24.1 Å². The van der Waals surface area contributed by atoms with Gasteiger partial charge in [0.25, 0.3) is 0 Å². The van der Waals surface area contributed by atoms with Crippen molar-refractivity contribution in [1.29, 1.82) is 0 Å². The van der Waals surface area contributed by atoms with Gasteiger partial charge in [-0.1, -0.05) is 12.1 Å². The Kier molecular flexibility index (Phi) is 3.47. The van der Waals surface area contributed by atoms with E-state index in [1.807, 2.05) is 7.05 Å². The van der Waals surface area contributed by atoms with Crippen LogP contribution in [0.3, 0.4) is 0 Å². The Bertz CT molecular complexity index is 359. The largest absolute Gasteiger partial charge is 0.366 e. The first-order valence-corrected chi connectivity index (χ1v) is 5.02. The van der Waals surface area contributed by atoms with Crippen LogP contribution in [0.15, 0.2) is 12.1 Å².